The van der Waals surface area contributed by atoms with Gasteiger partial charge in [0.2, 0.25) is 5.91 Å². The average molecular weight is 294 g/mol. The van der Waals surface area contributed by atoms with Gasteiger partial charge in [0.15, 0.2) is 0 Å². The first kappa shape index (κ1) is 17.7. The molecular weight excluding hydrogens is 264 g/mol. The number of imidazole rings is 1. The zero-order valence-electron chi connectivity index (χ0n) is 13.8. The average Bonchev–Trinajstić information content (AvgIpc) is 2.88. The van der Waals surface area contributed by atoms with Gasteiger partial charge in [0.1, 0.15) is 0 Å². The van der Waals surface area contributed by atoms with E-state index >= 15 is 0 Å². The standard InChI is InChI=1S/C16H30N4O/c1-13(7-8-17)5-6-15(21)19-14(16(2,3)4)11-20-10-9-18-12-20/h9-10,12-14H,5-8,11,17H2,1-4H3,(H,19,21). The molecule has 120 valence electrons. The van der Waals surface area contributed by atoms with Crippen molar-refractivity contribution in [2.24, 2.45) is 17.1 Å². The summed E-state index contributed by atoms with van der Waals surface area (Å²) < 4.78 is 2.01. The van der Waals surface area contributed by atoms with Crippen molar-refractivity contribution in [3.05, 3.63) is 18.7 Å². The topological polar surface area (TPSA) is 72.9 Å². The summed E-state index contributed by atoms with van der Waals surface area (Å²) in [5.41, 5.74) is 5.54. The van der Waals surface area contributed by atoms with Crippen LogP contribution in [0.4, 0.5) is 0 Å². The van der Waals surface area contributed by atoms with Gasteiger partial charge in [-0.3, -0.25) is 4.79 Å². The molecule has 0 aromatic carbocycles. The molecule has 5 heteroatoms. The van der Waals surface area contributed by atoms with Crippen LogP contribution in [0.15, 0.2) is 18.7 Å². The third-order valence-electron chi connectivity index (χ3n) is 3.86. The molecule has 0 bridgehead atoms. The minimum absolute atomic E-state index is 0.00278. The number of nitrogens with one attached hydrogen (secondary N) is 1. The molecule has 3 N–H and O–H groups in total. The fourth-order valence-electron chi connectivity index (χ4n) is 2.21. The molecule has 2 unspecified atom stereocenters. The third-order valence-corrected chi connectivity index (χ3v) is 3.86. The Morgan fingerprint density at radius 2 is 2.10 bits per heavy atom. The van der Waals surface area contributed by atoms with Crippen LogP contribution in [0.1, 0.15) is 47.0 Å². The highest BCUT2D eigenvalue weighted by atomic mass is 16.1. The Hall–Kier alpha value is -1.36. The number of carbonyl (C=O) groups excluding carboxylic acids is 1. The maximum atomic E-state index is 12.2. The lowest BCUT2D eigenvalue weighted by molar-refractivity contribution is -0.123. The van der Waals surface area contributed by atoms with E-state index in [4.69, 9.17) is 5.73 Å². The molecule has 0 aliphatic carbocycles. The van der Waals surface area contributed by atoms with E-state index in [0.717, 1.165) is 19.4 Å². The van der Waals surface area contributed by atoms with Gasteiger partial charge in [0.05, 0.1) is 12.4 Å². The van der Waals surface area contributed by atoms with Crippen LogP contribution in [0.2, 0.25) is 0 Å². The van der Waals surface area contributed by atoms with Crippen molar-refractivity contribution < 1.29 is 4.79 Å². The van der Waals surface area contributed by atoms with E-state index in [2.05, 4.69) is 38.0 Å². The van der Waals surface area contributed by atoms with Crippen molar-refractivity contribution in [1.82, 2.24) is 14.9 Å². The summed E-state index contributed by atoms with van der Waals surface area (Å²) in [6.07, 6.45) is 7.91. The number of hydrogen-bond acceptors (Lipinski definition) is 3. The van der Waals surface area contributed by atoms with Crippen molar-refractivity contribution in [2.45, 2.75) is 59.5 Å². The summed E-state index contributed by atoms with van der Waals surface area (Å²) in [6.45, 7) is 10.0. The molecule has 0 saturated heterocycles. The fraction of sp³-hybridized carbons (Fsp3) is 0.750. The molecule has 2 atom stereocenters. The number of nitrogens with zero attached hydrogens (tertiary/aromatic N) is 2. The van der Waals surface area contributed by atoms with E-state index in [1.54, 1.807) is 12.5 Å². The number of carbonyl (C=O) groups is 1. The maximum Gasteiger partial charge on any atom is 0.220 e. The van der Waals surface area contributed by atoms with E-state index < -0.39 is 0 Å². The van der Waals surface area contributed by atoms with Crippen LogP contribution >= 0.6 is 0 Å². The molecule has 0 fully saturated rings. The van der Waals surface area contributed by atoms with Crippen molar-refractivity contribution in [2.75, 3.05) is 6.54 Å². The Morgan fingerprint density at radius 1 is 1.38 bits per heavy atom. The van der Waals surface area contributed by atoms with Gasteiger partial charge in [-0.2, -0.15) is 0 Å². The lowest BCUT2D eigenvalue weighted by Crippen LogP contribution is -2.46. The zero-order valence-corrected chi connectivity index (χ0v) is 13.8. The van der Waals surface area contributed by atoms with E-state index in [1.807, 2.05) is 10.8 Å². The second-order valence-electron chi connectivity index (χ2n) is 6.97. The maximum absolute atomic E-state index is 12.2. The summed E-state index contributed by atoms with van der Waals surface area (Å²) in [7, 11) is 0. The molecule has 0 radical (unpaired) electrons. The quantitative estimate of drug-likeness (QED) is 0.772. The fourth-order valence-corrected chi connectivity index (χ4v) is 2.21. The third kappa shape index (κ3) is 6.76. The molecule has 0 aliphatic heterocycles. The first-order valence-corrected chi connectivity index (χ1v) is 7.78. The van der Waals surface area contributed by atoms with Crippen LogP contribution in [0.25, 0.3) is 0 Å². The molecular formula is C16H30N4O. The van der Waals surface area contributed by atoms with Gasteiger partial charge in [-0.25, -0.2) is 4.98 Å². The minimum Gasteiger partial charge on any atom is -0.351 e. The molecule has 0 aliphatic rings. The van der Waals surface area contributed by atoms with Crippen molar-refractivity contribution in [3.8, 4) is 0 Å². The lowest BCUT2D eigenvalue weighted by Gasteiger charge is -2.32. The summed E-state index contributed by atoms with van der Waals surface area (Å²) in [6, 6.07) is 0.0871. The molecule has 21 heavy (non-hydrogen) atoms. The predicted molar refractivity (Wildman–Crippen MR) is 85.7 cm³/mol. The van der Waals surface area contributed by atoms with Crippen LogP contribution in [-0.4, -0.2) is 28.0 Å². The van der Waals surface area contributed by atoms with Gasteiger partial charge < -0.3 is 15.6 Å². The summed E-state index contributed by atoms with van der Waals surface area (Å²) in [5.74, 6) is 0.626. The van der Waals surface area contributed by atoms with Crippen LogP contribution < -0.4 is 11.1 Å². The molecule has 1 heterocycles. The lowest BCUT2D eigenvalue weighted by atomic mass is 9.86. The molecule has 1 rings (SSSR count). The highest BCUT2D eigenvalue weighted by Gasteiger charge is 2.26. The second kappa shape index (κ2) is 8.17. The Labute approximate surface area is 128 Å². The van der Waals surface area contributed by atoms with Gasteiger partial charge >= 0.3 is 0 Å². The Kier molecular flexibility index (Phi) is 6.89. The van der Waals surface area contributed by atoms with E-state index in [9.17, 15) is 4.79 Å². The van der Waals surface area contributed by atoms with Crippen molar-refractivity contribution in [1.29, 1.82) is 0 Å². The van der Waals surface area contributed by atoms with Gasteiger partial charge in [0.25, 0.3) is 0 Å². The molecule has 0 spiro atoms. The van der Waals surface area contributed by atoms with Gasteiger partial charge in [-0.1, -0.05) is 27.7 Å². The number of amides is 1. The smallest absolute Gasteiger partial charge is 0.220 e. The highest BCUT2D eigenvalue weighted by molar-refractivity contribution is 5.76. The van der Waals surface area contributed by atoms with Crippen molar-refractivity contribution >= 4 is 5.91 Å². The van der Waals surface area contributed by atoms with Crippen LogP contribution in [-0.2, 0) is 11.3 Å². The van der Waals surface area contributed by atoms with Gasteiger partial charge in [0, 0.05) is 25.4 Å². The minimum atomic E-state index is 0.00278. The SMILES string of the molecule is CC(CCN)CCC(=O)NC(Cn1ccnc1)C(C)(C)C. The number of hydrogen-bond donors (Lipinski definition) is 2. The monoisotopic (exact) mass is 294 g/mol. The summed E-state index contributed by atoms with van der Waals surface area (Å²) in [5, 5.41) is 3.17. The van der Waals surface area contributed by atoms with Crippen molar-refractivity contribution in [3.63, 3.8) is 0 Å². The Balaban J connectivity index is 2.50. The van der Waals surface area contributed by atoms with Crippen LogP contribution in [0.3, 0.4) is 0 Å². The second-order valence-corrected chi connectivity index (χ2v) is 6.97. The normalized spacial score (nSPS) is 14.7. The van der Waals surface area contributed by atoms with Crippen LogP contribution in [0.5, 0.6) is 0 Å². The van der Waals surface area contributed by atoms with Gasteiger partial charge in [-0.15, -0.1) is 0 Å². The Morgan fingerprint density at radius 3 is 2.62 bits per heavy atom. The molecule has 0 saturated carbocycles. The van der Waals surface area contributed by atoms with E-state index in [1.165, 1.54) is 0 Å². The zero-order chi connectivity index (χ0) is 15.9. The van der Waals surface area contributed by atoms with E-state index in [0.29, 0.717) is 18.9 Å². The molecule has 1 aromatic heterocycles. The number of rotatable bonds is 8. The van der Waals surface area contributed by atoms with Crippen LogP contribution in [0, 0.1) is 11.3 Å². The highest BCUT2D eigenvalue weighted by Crippen LogP contribution is 2.21. The predicted octanol–water partition coefficient (Wildman–Crippen LogP) is 2.18. The first-order chi connectivity index (χ1) is 9.82. The molecule has 1 amide bonds. The van der Waals surface area contributed by atoms with Gasteiger partial charge in [-0.05, 0) is 30.7 Å². The largest absolute Gasteiger partial charge is 0.351 e. The first-order valence-electron chi connectivity index (χ1n) is 7.78. The summed E-state index contributed by atoms with van der Waals surface area (Å²) in [4.78, 5) is 16.2. The summed E-state index contributed by atoms with van der Waals surface area (Å²) >= 11 is 0. The Bertz CT molecular complexity index is 408. The van der Waals surface area contributed by atoms with E-state index in [-0.39, 0.29) is 17.4 Å². The molecule has 5 nitrogen and oxygen atoms in total. The number of nitrogens with two attached hydrogens (primary N) is 1. The number of aromatic nitrogens is 2. The molecule has 1 aromatic rings.